The van der Waals surface area contributed by atoms with Crippen LogP contribution in [0.3, 0.4) is 0 Å². The third-order valence-electron chi connectivity index (χ3n) is 0.752. The van der Waals surface area contributed by atoms with E-state index >= 15 is 0 Å². The summed E-state index contributed by atoms with van der Waals surface area (Å²) in [6, 6.07) is 0. The van der Waals surface area contributed by atoms with Crippen molar-refractivity contribution in [2.45, 2.75) is 0 Å². The van der Waals surface area contributed by atoms with Gasteiger partial charge in [0.1, 0.15) is 0 Å². The monoisotopic (exact) mass is 131 g/mol. The average Bonchev–Trinajstić information content (AvgIpc) is 1.81. The zero-order chi connectivity index (χ0) is 6.24. The van der Waals surface area contributed by atoms with Gasteiger partial charge in [-0.2, -0.15) is 11.8 Å². The minimum Gasteiger partial charge on any atom is -0.316 e. The molecule has 0 rings (SSSR count). The van der Waals surface area contributed by atoms with Crippen LogP contribution in [0.25, 0.3) is 0 Å². The molecule has 0 bridgehead atoms. The highest BCUT2D eigenvalue weighted by Gasteiger charge is 1.70. The van der Waals surface area contributed by atoms with E-state index in [4.69, 9.17) is 0 Å². The molecule has 1 N–H and O–H groups in total. The Morgan fingerprint density at radius 2 is 2.25 bits per heavy atom. The summed E-state index contributed by atoms with van der Waals surface area (Å²) in [6.07, 6.45) is 6.40. The molecule has 0 aromatic carbocycles. The molecule has 48 valence electrons. The molecule has 2 heteroatoms. The number of rotatable bonds is 4. The third-order valence-corrected chi connectivity index (χ3v) is 1.28. The van der Waals surface area contributed by atoms with E-state index in [9.17, 15) is 0 Å². The summed E-state index contributed by atoms with van der Waals surface area (Å²) in [6.45, 7) is 0.987. The van der Waals surface area contributed by atoms with Crippen LogP contribution in [0.1, 0.15) is 0 Å². The van der Waals surface area contributed by atoms with Crippen LogP contribution < -0.4 is 5.32 Å². The van der Waals surface area contributed by atoms with E-state index in [1.54, 1.807) is 0 Å². The van der Waals surface area contributed by atoms with E-state index in [-0.39, 0.29) is 0 Å². The highest BCUT2D eigenvalue weighted by atomic mass is 32.2. The van der Waals surface area contributed by atoms with Crippen LogP contribution in [0.5, 0.6) is 0 Å². The summed E-state index contributed by atoms with van der Waals surface area (Å²) in [7, 11) is 1.95. The minimum atomic E-state index is 0.987. The molecular weight excluding hydrogens is 118 g/mol. The maximum atomic E-state index is 3.03. The van der Waals surface area contributed by atoms with Crippen LogP contribution in [0.4, 0.5) is 0 Å². The van der Waals surface area contributed by atoms with E-state index in [1.165, 1.54) is 0 Å². The summed E-state index contributed by atoms with van der Waals surface area (Å²) >= 11 is 1.84. The van der Waals surface area contributed by atoms with E-state index in [1.807, 2.05) is 18.8 Å². The van der Waals surface area contributed by atoms with Gasteiger partial charge in [0, 0.05) is 12.3 Å². The van der Waals surface area contributed by atoms with Crippen molar-refractivity contribution in [1.82, 2.24) is 5.32 Å². The van der Waals surface area contributed by atoms with Gasteiger partial charge >= 0.3 is 0 Å². The molecule has 0 atom stereocenters. The first kappa shape index (κ1) is 8.05. The van der Waals surface area contributed by atoms with Gasteiger partial charge in [-0.1, -0.05) is 12.2 Å². The first-order chi connectivity index (χ1) is 3.91. The average molecular weight is 131 g/mol. The van der Waals surface area contributed by atoms with Gasteiger partial charge in [0.2, 0.25) is 0 Å². The highest BCUT2D eigenvalue weighted by molar-refractivity contribution is 7.98. The molecule has 0 aliphatic carbocycles. The quantitative estimate of drug-likeness (QED) is 0.574. The van der Waals surface area contributed by atoms with Crippen LogP contribution in [-0.2, 0) is 0 Å². The van der Waals surface area contributed by atoms with Crippen LogP contribution in [0, 0.1) is 0 Å². The van der Waals surface area contributed by atoms with Crippen molar-refractivity contribution < 1.29 is 0 Å². The van der Waals surface area contributed by atoms with Crippen molar-refractivity contribution in [3.63, 3.8) is 0 Å². The molecule has 0 spiro atoms. The molecule has 0 unspecified atom stereocenters. The fourth-order valence-electron chi connectivity index (χ4n) is 0.365. The molecule has 0 heterocycles. The fourth-order valence-corrected chi connectivity index (χ4v) is 0.694. The first-order valence-electron chi connectivity index (χ1n) is 2.70. The standard InChI is InChI=1S/C6H13NS/c1-7-5-3-4-6-8-2/h3-4,7H,5-6H2,1-2H3/b4-3+. The van der Waals surface area contributed by atoms with Gasteiger partial charge in [-0.3, -0.25) is 0 Å². The molecule has 0 saturated carbocycles. The van der Waals surface area contributed by atoms with Crippen LogP contribution in [0.15, 0.2) is 12.2 Å². The number of hydrogen-bond donors (Lipinski definition) is 1. The van der Waals surface area contributed by atoms with Crippen molar-refractivity contribution in [2.75, 3.05) is 25.6 Å². The van der Waals surface area contributed by atoms with Crippen LogP contribution >= 0.6 is 11.8 Å². The molecule has 0 aliphatic heterocycles. The van der Waals surface area contributed by atoms with Crippen LogP contribution in [0.2, 0.25) is 0 Å². The molecule has 8 heavy (non-hydrogen) atoms. The number of thioether (sulfide) groups is 1. The SMILES string of the molecule is CNC/C=C/CSC. The van der Waals surface area contributed by atoms with Gasteiger partial charge in [0.15, 0.2) is 0 Å². The maximum Gasteiger partial charge on any atom is 0.0132 e. The molecule has 1 nitrogen and oxygen atoms in total. The van der Waals surface area contributed by atoms with Crippen LogP contribution in [-0.4, -0.2) is 25.6 Å². The Hall–Kier alpha value is 0.0500. The fraction of sp³-hybridized carbons (Fsp3) is 0.667. The second-order valence-corrected chi connectivity index (χ2v) is 2.40. The zero-order valence-electron chi connectivity index (χ0n) is 5.48. The Bertz CT molecular complexity index is 53.5. The highest BCUT2D eigenvalue weighted by Crippen LogP contribution is 1.89. The largest absolute Gasteiger partial charge is 0.316 e. The topological polar surface area (TPSA) is 12.0 Å². The Morgan fingerprint density at radius 1 is 1.50 bits per heavy atom. The van der Waals surface area contributed by atoms with Gasteiger partial charge < -0.3 is 5.32 Å². The minimum absolute atomic E-state index is 0.987. The maximum absolute atomic E-state index is 3.03. The van der Waals surface area contributed by atoms with Crippen molar-refractivity contribution in [3.8, 4) is 0 Å². The number of hydrogen-bond acceptors (Lipinski definition) is 2. The van der Waals surface area contributed by atoms with Gasteiger partial charge in [0.25, 0.3) is 0 Å². The lowest BCUT2D eigenvalue weighted by Crippen LogP contribution is -2.03. The molecule has 0 amide bonds. The lowest BCUT2D eigenvalue weighted by molar-refractivity contribution is 0.919. The summed E-state index contributed by atoms with van der Waals surface area (Å²) in [5.74, 6) is 1.13. The third kappa shape index (κ3) is 6.05. The van der Waals surface area contributed by atoms with Gasteiger partial charge in [0.05, 0.1) is 0 Å². The van der Waals surface area contributed by atoms with E-state index < -0.39 is 0 Å². The Morgan fingerprint density at radius 3 is 2.75 bits per heavy atom. The molecule has 0 aromatic heterocycles. The Balaban J connectivity index is 2.83. The van der Waals surface area contributed by atoms with Crippen molar-refractivity contribution >= 4 is 11.8 Å². The number of likely N-dealkylation sites (N-methyl/N-ethyl adjacent to an activating group) is 1. The van der Waals surface area contributed by atoms with Gasteiger partial charge in [-0.05, 0) is 13.3 Å². The lowest BCUT2D eigenvalue weighted by Gasteiger charge is -1.86. The van der Waals surface area contributed by atoms with E-state index in [0.717, 1.165) is 12.3 Å². The zero-order valence-corrected chi connectivity index (χ0v) is 6.29. The van der Waals surface area contributed by atoms with E-state index in [2.05, 4.69) is 23.7 Å². The first-order valence-corrected chi connectivity index (χ1v) is 4.09. The Kier molecular flexibility index (Phi) is 7.09. The van der Waals surface area contributed by atoms with Crippen molar-refractivity contribution in [3.05, 3.63) is 12.2 Å². The molecule has 0 fully saturated rings. The molecular formula is C6H13NS. The predicted molar refractivity (Wildman–Crippen MR) is 41.4 cm³/mol. The predicted octanol–water partition coefficient (Wildman–Crippen LogP) is 1.12. The Labute approximate surface area is 55.5 Å². The molecule has 0 aromatic rings. The molecule has 0 saturated heterocycles. The van der Waals surface area contributed by atoms with Gasteiger partial charge in [-0.15, -0.1) is 0 Å². The normalized spacial score (nSPS) is 10.8. The second-order valence-electron chi connectivity index (χ2n) is 1.48. The summed E-state index contributed by atoms with van der Waals surface area (Å²) in [5, 5.41) is 3.03. The molecule has 0 radical (unpaired) electrons. The molecule has 0 aliphatic rings. The van der Waals surface area contributed by atoms with Gasteiger partial charge in [-0.25, -0.2) is 0 Å². The van der Waals surface area contributed by atoms with Crippen molar-refractivity contribution in [1.29, 1.82) is 0 Å². The van der Waals surface area contributed by atoms with E-state index in [0.29, 0.717) is 0 Å². The van der Waals surface area contributed by atoms with Crippen molar-refractivity contribution in [2.24, 2.45) is 0 Å². The summed E-state index contributed by atoms with van der Waals surface area (Å²) in [5.41, 5.74) is 0. The second kappa shape index (κ2) is 7.05. The lowest BCUT2D eigenvalue weighted by atomic mass is 10.5. The summed E-state index contributed by atoms with van der Waals surface area (Å²) in [4.78, 5) is 0. The summed E-state index contributed by atoms with van der Waals surface area (Å²) < 4.78 is 0. The number of nitrogens with one attached hydrogen (secondary N) is 1. The smallest absolute Gasteiger partial charge is 0.0132 e.